The summed E-state index contributed by atoms with van der Waals surface area (Å²) in [5, 5.41) is 10.1. The Labute approximate surface area is 147 Å². The van der Waals surface area contributed by atoms with Crippen molar-refractivity contribution in [3.8, 4) is 0 Å². The molecule has 0 unspecified atom stereocenters. The molecule has 1 saturated heterocycles. The molecule has 1 aromatic heterocycles. The molecular weight excluding hydrogens is 317 g/mol. The highest BCUT2D eigenvalue weighted by atomic mass is 16.7. The molecule has 1 fully saturated rings. The number of carboxylic acid groups (broad SMARTS) is 1. The SMILES string of the molecule is CC1(C)OB(c2ccc3c(c2)cc2n3CC/C2=C\C(=O)O)OC1(C)C. The number of hydrogen-bond donors (Lipinski definition) is 1. The van der Waals surface area contributed by atoms with Crippen LogP contribution < -0.4 is 5.46 Å². The second kappa shape index (κ2) is 5.22. The van der Waals surface area contributed by atoms with E-state index in [1.54, 1.807) is 0 Å². The Kier molecular flexibility index (Phi) is 3.43. The van der Waals surface area contributed by atoms with Crippen LogP contribution in [0.3, 0.4) is 0 Å². The van der Waals surface area contributed by atoms with E-state index in [0.717, 1.165) is 40.6 Å². The predicted molar refractivity (Wildman–Crippen MR) is 97.9 cm³/mol. The second-order valence-corrected chi connectivity index (χ2v) is 7.85. The fraction of sp³-hybridized carbons (Fsp3) is 0.421. The summed E-state index contributed by atoms with van der Waals surface area (Å²) in [7, 11) is -0.391. The van der Waals surface area contributed by atoms with Gasteiger partial charge < -0.3 is 19.0 Å². The molecule has 3 heterocycles. The monoisotopic (exact) mass is 339 g/mol. The first-order chi connectivity index (χ1) is 11.7. The molecule has 0 saturated carbocycles. The first kappa shape index (κ1) is 16.4. The van der Waals surface area contributed by atoms with Crippen LogP contribution in [0.5, 0.6) is 0 Å². The molecule has 2 aliphatic rings. The molecular formula is C19H22BNO4. The first-order valence-corrected chi connectivity index (χ1v) is 8.61. The number of fused-ring (bicyclic) bond motifs is 3. The van der Waals surface area contributed by atoms with Crippen molar-refractivity contribution in [2.75, 3.05) is 0 Å². The Bertz CT molecular complexity index is 894. The van der Waals surface area contributed by atoms with Crippen LogP contribution >= 0.6 is 0 Å². The van der Waals surface area contributed by atoms with Gasteiger partial charge in [-0.25, -0.2) is 4.79 Å². The summed E-state index contributed by atoms with van der Waals surface area (Å²) in [4.78, 5) is 11.0. The summed E-state index contributed by atoms with van der Waals surface area (Å²) in [6.07, 6.45) is 2.07. The molecule has 0 bridgehead atoms. The molecule has 0 radical (unpaired) electrons. The second-order valence-electron chi connectivity index (χ2n) is 7.85. The van der Waals surface area contributed by atoms with E-state index < -0.39 is 13.1 Å². The molecule has 1 N–H and O–H groups in total. The highest BCUT2D eigenvalue weighted by molar-refractivity contribution is 6.62. The van der Waals surface area contributed by atoms with Gasteiger partial charge in [0, 0.05) is 23.8 Å². The summed E-state index contributed by atoms with van der Waals surface area (Å²) in [6, 6.07) is 8.26. The Hall–Kier alpha value is -2.05. The van der Waals surface area contributed by atoms with Crippen molar-refractivity contribution in [3.63, 3.8) is 0 Å². The summed E-state index contributed by atoms with van der Waals surface area (Å²) in [6.45, 7) is 8.99. The Morgan fingerprint density at radius 2 is 1.88 bits per heavy atom. The highest BCUT2D eigenvalue weighted by Crippen LogP contribution is 2.37. The average molecular weight is 339 g/mol. The molecule has 0 atom stereocenters. The lowest BCUT2D eigenvalue weighted by atomic mass is 9.78. The maximum Gasteiger partial charge on any atom is 0.494 e. The van der Waals surface area contributed by atoms with Gasteiger partial charge in [0.25, 0.3) is 0 Å². The smallest absolute Gasteiger partial charge is 0.478 e. The maximum atomic E-state index is 11.0. The Balaban J connectivity index is 1.73. The van der Waals surface area contributed by atoms with Gasteiger partial charge >= 0.3 is 13.1 Å². The molecule has 130 valence electrons. The molecule has 25 heavy (non-hydrogen) atoms. The lowest BCUT2D eigenvalue weighted by Gasteiger charge is -2.32. The third-order valence-corrected chi connectivity index (χ3v) is 5.68. The number of aliphatic carboxylic acids is 1. The molecule has 2 aliphatic heterocycles. The van der Waals surface area contributed by atoms with Crippen molar-refractivity contribution in [1.82, 2.24) is 4.57 Å². The number of nitrogens with zero attached hydrogens (tertiary/aromatic N) is 1. The van der Waals surface area contributed by atoms with E-state index in [1.165, 1.54) is 6.08 Å². The zero-order valence-electron chi connectivity index (χ0n) is 15.0. The largest absolute Gasteiger partial charge is 0.494 e. The van der Waals surface area contributed by atoms with Crippen molar-refractivity contribution in [2.45, 2.75) is 51.9 Å². The van der Waals surface area contributed by atoms with Gasteiger partial charge in [0.2, 0.25) is 0 Å². The van der Waals surface area contributed by atoms with Crippen molar-refractivity contribution in [1.29, 1.82) is 0 Å². The zero-order valence-corrected chi connectivity index (χ0v) is 15.0. The molecule has 6 heteroatoms. The zero-order chi connectivity index (χ0) is 18.0. The van der Waals surface area contributed by atoms with Crippen LogP contribution in [0.1, 0.15) is 39.8 Å². The predicted octanol–water partition coefficient (Wildman–Crippen LogP) is 2.81. The fourth-order valence-corrected chi connectivity index (χ4v) is 3.58. The Morgan fingerprint density at radius 1 is 1.20 bits per heavy atom. The van der Waals surface area contributed by atoms with Gasteiger partial charge in [0.05, 0.1) is 11.2 Å². The van der Waals surface area contributed by atoms with E-state index in [2.05, 4.69) is 22.8 Å². The third kappa shape index (κ3) is 2.52. The first-order valence-electron chi connectivity index (χ1n) is 8.61. The van der Waals surface area contributed by atoms with Gasteiger partial charge in [-0.15, -0.1) is 0 Å². The van der Waals surface area contributed by atoms with Gasteiger partial charge in [0.15, 0.2) is 0 Å². The van der Waals surface area contributed by atoms with Crippen LogP contribution in [-0.2, 0) is 20.6 Å². The topological polar surface area (TPSA) is 60.7 Å². The number of aryl methyl sites for hydroxylation is 1. The van der Waals surface area contributed by atoms with Crippen molar-refractivity contribution in [3.05, 3.63) is 36.0 Å². The minimum absolute atomic E-state index is 0.369. The van der Waals surface area contributed by atoms with Gasteiger partial charge in [0.1, 0.15) is 0 Å². The lowest BCUT2D eigenvalue weighted by Crippen LogP contribution is -2.41. The minimum Gasteiger partial charge on any atom is -0.478 e. The standard InChI is InChI=1S/C19H22BNO4/c1-18(2)19(3,4)25-20(24-18)14-5-6-15-13(9-14)10-16-12(11-17(22)23)7-8-21(15)16/h5-6,9-11H,7-8H2,1-4H3,(H,22,23)/b12-11+. The summed E-state index contributed by atoms with van der Waals surface area (Å²) >= 11 is 0. The van der Waals surface area contributed by atoms with Gasteiger partial charge in [-0.2, -0.15) is 0 Å². The number of carbonyl (C=O) groups is 1. The molecule has 0 amide bonds. The number of allylic oxidation sites excluding steroid dienone is 1. The van der Waals surface area contributed by atoms with Crippen molar-refractivity contribution < 1.29 is 19.2 Å². The number of benzene rings is 1. The van der Waals surface area contributed by atoms with Gasteiger partial charge in [-0.1, -0.05) is 12.1 Å². The summed E-state index contributed by atoms with van der Waals surface area (Å²) in [5.74, 6) is -0.897. The number of carboxylic acids is 1. The van der Waals surface area contributed by atoms with E-state index in [4.69, 9.17) is 14.4 Å². The number of aromatic nitrogens is 1. The van der Waals surface area contributed by atoms with Gasteiger partial charge in [-0.05, 0) is 62.7 Å². The molecule has 4 rings (SSSR count). The lowest BCUT2D eigenvalue weighted by molar-refractivity contribution is -0.131. The van der Waals surface area contributed by atoms with Crippen molar-refractivity contribution >= 4 is 35.0 Å². The normalized spacial score (nSPS) is 22.7. The molecule has 5 nitrogen and oxygen atoms in total. The van der Waals surface area contributed by atoms with E-state index in [9.17, 15) is 4.79 Å². The van der Waals surface area contributed by atoms with Crippen LogP contribution in [0, 0.1) is 0 Å². The summed E-state index contributed by atoms with van der Waals surface area (Å²) in [5.41, 5.74) is 3.23. The maximum absolute atomic E-state index is 11.0. The summed E-state index contributed by atoms with van der Waals surface area (Å²) < 4.78 is 14.4. The quantitative estimate of drug-likeness (QED) is 0.675. The highest BCUT2D eigenvalue weighted by Gasteiger charge is 2.51. The molecule has 2 aromatic rings. The number of rotatable bonds is 2. The number of hydrogen-bond acceptors (Lipinski definition) is 3. The fourth-order valence-electron chi connectivity index (χ4n) is 3.58. The third-order valence-electron chi connectivity index (χ3n) is 5.68. The van der Waals surface area contributed by atoms with E-state index >= 15 is 0 Å². The Morgan fingerprint density at radius 3 is 2.52 bits per heavy atom. The van der Waals surface area contributed by atoms with E-state index in [-0.39, 0.29) is 11.2 Å². The molecule has 0 spiro atoms. The van der Waals surface area contributed by atoms with Crippen LogP contribution in [0.4, 0.5) is 0 Å². The minimum atomic E-state index is -0.897. The van der Waals surface area contributed by atoms with Crippen LogP contribution in [0.15, 0.2) is 30.3 Å². The molecule has 1 aromatic carbocycles. The van der Waals surface area contributed by atoms with E-state index in [0.29, 0.717) is 0 Å². The van der Waals surface area contributed by atoms with E-state index in [1.807, 2.05) is 33.8 Å². The average Bonchev–Trinajstić information content (AvgIpc) is 3.10. The van der Waals surface area contributed by atoms with Crippen LogP contribution in [0.25, 0.3) is 16.5 Å². The van der Waals surface area contributed by atoms with Crippen LogP contribution in [-0.4, -0.2) is 34.0 Å². The van der Waals surface area contributed by atoms with Crippen molar-refractivity contribution in [2.24, 2.45) is 0 Å². The molecule has 0 aliphatic carbocycles. The van der Waals surface area contributed by atoms with Crippen LogP contribution in [0.2, 0.25) is 0 Å². The van der Waals surface area contributed by atoms with Gasteiger partial charge in [-0.3, -0.25) is 0 Å².